The van der Waals surface area contributed by atoms with Gasteiger partial charge in [0.2, 0.25) is 0 Å². The minimum Gasteiger partial charge on any atom is -0.481 e. The van der Waals surface area contributed by atoms with Crippen molar-refractivity contribution < 1.29 is 4.74 Å². The quantitative estimate of drug-likeness (QED) is 0.496. The molecule has 110 valence electrons. The van der Waals surface area contributed by atoms with Crippen LogP contribution >= 0.6 is 11.8 Å². The minimum absolute atomic E-state index is 0.326. The summed E-state index contributed by atoms with van der Waals surface area (Å²) in [6.45, 7) is 2.22. The maximum Gasteiger partial charge on any atom is 0.148 e. The van der Waals surface area contributed by atoms with Gasteiger partial charge in [0.1, 0.15) is 12.4 Å². The summed E-state index contributed by atoms with van der Waals surface area (Å²) in [5, 5.41) is 3.47. The summed E-state index contributed by atoms with van der Waals surface area (Å²) >= 11 is 1.93. The third-order valence-electron chi connectivity index (χ3n) is 3.05. The van der Waals surface area contributed by atoms with Gasteiger partial charge < -0.3 is 10.1 Å². The van der Waals surface area contributed by atoms with Gasteiger partial charge in [0.15, 0.2) is 0 Å². The Kier molecular flexibility index (Phi) is 9.91. The lowest BCUT2D eigenvalue weighted by Gasteiger charge is -2.10. The van der Waals surface area contributed by atoms with Crippen molar-refractivity contribution in [2.45, 2.75) is 32.2 Å². The molecule has 3 heteroatoms. The second-order valence-electron chi connectivity index (χ2n) is 4.68. The zero-order valence-corrected chi connectivity index (χ0v) is 13.2. The van der Waals surface area contributed by atoms with Gasteiger partial charge in [0.25, 0.3) is 0 Å². The first-order chi connectivity index (χ1) is 9.88. The van der Waals surface area contributed by atoms with Crippen LogP contribution in [0.15, 0.2) is 24.3 Å². The lowest BCUT2D eigenvalue weighted by atomic mass is 10.2. The monoisotopic (exact) mass is 291 g/mol. The van der Waals surface area contributed by atoms with Gasteiger partial charge >= 0.3 is 0 Å². The molecule has 0 radical (unpaired) electrons. The van der Waals surface area contributed by atoms with Gasteiger partial charge in [-0.15, -0.1) is 6.42 Å². The van der Waals surface area contributed by atoms with Crippen molar-refractivity contribution in [1.29, 1.82) is 0 Å². The van der Waals surface area contributed by atoms with E-state index < -0.39 is 0 Å². The smallest absolute Gasteiger partial charge is 0.148 e. The molecule has 1 aromatic rings. The molecule has 0 aliphatic carbocycles. The molecule has 0 heterocycles. The molecule has 0 aliphatic heterocycles. The summed E-state index contributed by atoms with van der Waals surface area (Å²) < 4.78 is 5.53. The lowest BCUT2D eigenvalue weighted by Crippen LogP contribution is -2.15. The van der Waals surface area contributed by atoms with Crippen LogP contribution in [0.3, 0.4) is 0 Å². The van der Waals surface area contributed by atoms with Crippen LogP contribution in [0.25, 0.3) is 0 Å². The number of terminal acetylenes is 1. The molecule has 0 unspecified atom stereocenters. The number of benzene rings is 1. The van der Waals surface area contributed by atoms with Crippen LogP contribution in [0.1, 0.15) is 31.2 Å². The molecule has 20 heavy (non-hydrogen) atoms. The largest absolute Gasteiger partial charge is 0.481 e. The number of hydrogen-bond donors (Lipinski definition) is 1. The molecule has 0 saturated carbocycles. The first kappa shape index (κ1) is 16.9. The average molecular weight is 291 g/mol. The van der Waals surface area contributed by atoms with Crippen molar-refractivity contribution in [1.82, 2.24) is 5.32 Å². The standard InChI is InChI=1S/C17H25NOS/c1-3-13-19-17-11-7-6-10-16(17)15-18-12-8-4-5-9-14-20-2/h1,6-7,10-11,18H,4-5,8-9,12-15H2,2H3. The molecule has 0 amide bonds. The first-order valence-electron chi connectivity index (χ1n) is 7.22. The van der Waals surface area contributed by atoms with Crippen LogP contribution in [0.4, 0.5) is 0 Å². The number of nitrogens with one attached hydrogen (secondary N) is 1. The molecular formula is C17H25NOS. The van der Waals surface area contributed by atoms with E-state index in [1.807, 2.05) is 30.0 Å². The van der Waals surface area contributed by atoms with Crippen molar-refractivity contribution in [2.75, 3.05) is 25.2 Å². The molecule has 0 fully saturated rings. The minimum atomic E-state index is 0.326. The molecule has 1 N–H and O–H groups in total. The third kappa shape index (κ3) is 7.47. The molecule has 0 aliphatic rings. The maximum absolute atomic E-state index is 5.53. The fourth-order valence-corrected chi connectivity index (χ4v) is 2.48. The van der Waals surface area contributed by atoms with Gasteiger partial charge in [0, 0.05) is 12.1 Å². The Morgan fingerprint density at radius 3 is 2.80 bits per heavy atom. The van der Waals surface area contributed by atoms with Crippen molar-refractivity contribution >= 4 is 11.8 Å². The first-order valence-corrected chi connectivity index (χ1v) is 8.61. The van der Waals surface area contributed by atoms with Crippen LogP contribution in [-0.2, 0) is 6.54 Å². The Bertz CT molecular complexity index is 400. The highest BCUT2D eigenvalue weighted by Crippen LogP contribution is 2.17. The zero-order valence-electron chi connectivity index (χ0n) is 12.4. The van der Waals surface area contributed by atoms with Gasteiger partial charge in [0.05, 0.1) is 0 Å². The number of para-hydroxylation sites is 1. The second kappa shape index (κ2) is 11.7. The fraction of sp³-hybridized carbons (Fsp3) is 0.529. The van der Waals surface area contributed by atoms with Crippen LogP contribution in [-0.4, -0.2) is 25.2 Å². The van der Waals surface area contributed by atoms with E-state index in [-0.39, 0.29) is 0 Å². The predicted octanol–water partition coefficient (Wildman–Crippen LogP) is 3.71. The summed E-state index contributed by atoms with van der Waals surface area (Å²) in [5.41, 5.74) is 1.17. The Hall–Kier alpha value is -1.11. The molecule has 0 spiro atoms. The van der Waals surface area contributed by atoms with Crippen LogP contribution in [0.5, 0.6) is 5.75 Å². The summed E-state index contributed by atoms with van der Waals surface area (Å²) in [6, 6.07) is 8.05. The van der Waals surface area contributed by atoms with Crippen molar-refractivity contribution in [3.05, 3.63) is 29.8 Å². The van der Waals surface area contributed by atoms with Gasteiger partial charge in [-0.1, -0.05) is 37.0 Å². The van der Waals surface area contributed by atoms with Crippen molar-refractivity contribution in [2.24, 2.45) is 0 Å². The van der Waals surface area contributed by atoms with Gasteiger partial charge in [-0.2, -0.15) is 11.8 Å². The van der Waals surface area contributed by atoms with Gasteiger partial charge in [-0.3, -0.25) is 0 Å². The SMILES string of the molecule is C#CCOc1ccccc1CNCCCCCCSC. The maximum atomic E-state index is 5.53. The fourth-order valence-electron chi connectivity index (χ4n) is 1.98. The molecule has 1 aromatic carbocycles. The molecule has 0 saturated heterocycles. The van der Waals surface area contributed by atoms with E-state index in [9.17, 15) is 0 Å². The zero-order chi connectivity index (χ0) is 14.5. The molecular weight excluding hydrogens is 266 g/mol. The van der Waals surface area contributed by atoms with Gasteiger partial charge in [-0.05, 0) is 37.5 Å². The Morgan fingerprint density at radius 2 is 2.00 bits per heavy atom. The summed E-state index contributed by atoms with van der Waals surface area (Å²) in [5.74, 6) is 4.67. The summed E-state index contributed by atoms with van der Waals surface area (Å²) in [7, 11) is 0. The Balaban J connectivity index is 2.17. The van der Waals surface area contributed by atoms with Crippen molar-refractivity contribution in [3.63, 3.8) is 0 Å². The number of ether oxygens (including phenoxy) is 1. The van der Waals surface area contributed by atoms with E-state index in [1.54, 1.807) is 0 Å². The van der Waals surface area contributed by atoms with Crippen LogP contribution in [0, 0.1) is 12.3 Å². The predicted molar refractivity (Wildman–Crippen MR) is 89.3 cm³/mol. The highest BCUT2D eigenvalue weighted by Gasteiger charge is 2.01. The molecule has 2 nitrogen and oxygen atoms in total. The molecule has 0 aromatic heterocycles. The second-order valence-corrected chi connectivity index (χ2v) is 5.67. The molecule has 0 atom stereocenters. The van der Waals surface area contributed by atoms with E-state index in [0.29, 0.717) is 6.61 Å². The van der Waals surface area contributed by atoms with E-state index in [2.05, 4.69) is 23.6 Å². The Labute approximate surface area is 127 Å². The number of rotatable bonds is 11. The topological polar surface area (TPSA) is 21.3 Å². The number of thioether (sulfide) groups is 1. The van der Waals surface area contributed by atoms with E-state index >= 15 is 0 Å². The van der Waals surface area contributed by atoms with Crippen LogP contribution < -0.4 is 10.1 Å². The normalized spacial score (nSPS) is 10.2. The number of hydrogen-bond acceptors (Lipinski definition) is 3. The average Bonchev–Trinajstić information content (AvgIpc) is 2.49. The lowest BCUT2D eigenvalue weighted by molar-refractivity contribution is 0.364. The summed E-state index contributed by atoms with van der Waals surface area (Å²) in [4.78, 5) is 0. The molecule has 0 bridgehead atoms. The van der Waals surface area contributed by atoms with E-state index in [4.69, 9.17) is 11.2 Å². The Morgan fingerprint density at radius 1 is 1.20 bits per heavy atom. The van der Waals surface area contributed by atoms with E-state index in [1.165, 1.54) is 37.0 Å². The summed E-state index contributed by atoms with van der Waals surface area (Å²) in [6.07, 6.45) is 12.6. The molecule has 1 rings (SSSR count). The highest BCUT2D eigenvalue weighted by molar-refractivity contribution is 7.98. The van der Waals surface area contributed by atoms with Crippen molar-refractivity contribution in [3.8, 4) is 18.1 Å². The highest BCUT2D eigenvalue weighted by atomic mass is 32.2. The van der Waals surface area contributed by atoms with Gasteiger partial charge in [-0.25, -0.2) is 0 Å². The third-order valence-corrected chi connectivity index (χ3v) is 3.75. The van der Waals surface area contributed by atoms with Crippen LogP contribution in [0.2, 0.25) is 0 Å². The van der Waals surface area contributed by atoms with E-state index in [0.717, 1.165) is 18.8 Å². The number of unbranched alkanes of at least 4 members (excludes halogenated alkanes) is 3.